The number of hydrogen-bond donors (Lipinski definition) is 4. The van der Waals surface area contributed by atoms with Gasteiger partial charge in [0, 0.05) is 6.92 Å². The van der Waals surface area contributed by atoms with Gasteiger partial charge in [0.25, 0.3) is 0 Å². The number of unbranched alkanes of at least 4 members (excludes halogenated alkanes) is 30. The molecule has 1 unspecified atom stereocenters. The summed E-state index contributed by atoms with van der Waals surface area (Å²) in [6.07, 6.45) is 39.4. The highest BCUT2D eigenvalue weighted by atomic mass is 16.6. The van der Waals surface area contributed by atoms with Crippen LogP contribution >= 0.6 is 0 Å². The van der Waals surface area contributed by atoms with E-state index in [4.69, 9.17) is 4.74 Å². The maximum atomic E-state index is 12.7. The van der Waals surface area contributed by atoms with Crippen molar-refractivity contribution in [1.29, 1.82) is 0 Å². The minimum Gasteiger partial charge on any atom is -0.395 e. The molecule has 0 aromatic carbocycles. The summed E-state index contributed by atoms with van der Waals surface area (Å²) in [6.45, 7) is 5.29. The van der Waals surface area contributed by atoms with Crippen LogP contribution in [0.2, 0.25) is 0 Å². The van der Waals surface area contributed by atoms with Crippen molar-refractivity contribution in [3.05, 3.63) is 0 Å². The van der Waals surface area contributed by atoms with E-state index in [9.17, 15) is 24.9 Å². The zero-order chi connectivity index (χ0) is 37.6. The van der Waals surface area contributed by atoms with E-state index >= 15 is 0 Å². The summed E-state index contributed by atoms with van der Waals surface area (Å²) in [5.41, 5.74) is 0. The molecule has 0 saturated carbocycles. The van der Waals surface area contributed by atoms with Crippen LogP contribution < -0.4 is 5.32 Å². The first kappa shape index (κ1) is 50.0. The summed E-state index contributed by atoms with van der Waals surface area (Å²) >= 11 is 0. The first-order valence-electron chi connectivity index (χ1n) is 22.3. The smallest absolute Gasteiger partial charge is 0.330 e. The molecule has 7 nitrogen and oxygen atoms in total. The number of aliphatic hydroxyl groups is 3. The summed E-state index contributed by atoms with van der Waals surface area (Å²) in [4.78, 5) is 24.2. The monoisotopic (exact) mass is 726 g/mol. The molecule has 0 aliphatic heterocycles. The molecule has 51 heavy (non-hydrogen) atoms. The van der Waals surface area contributed by atoms with Crippen LogP contribution in [0.5, 0.6) is 0 Å². The number of aliphatic hydroxyl groups excluding tert-OH is 3. The predicted octanol–water partition coefficient (Wildman–Crippen LogP) is 11.4. The molecule has 0 heterocycles. The van der Waals surface area contributed by atoms with E-state index in [1.165, 1.54) is 174 Å². The first-order chi connectivity index (χ1) is 24.9. The highest BCUT2D eigenvalue weighted by Gasteiger charge is 2.31. The molecule has 304 valence electrons. The lowest BCUT2D eigenvalue weighted by Crippen LogP contribution is -2.54. The minimum absolute atomic E-state index is 0.431. The molecule has 4 atom stereocenters. The van der Waals surface area contributed by atoms with Gasteiger partial charge in [-0.25, -0.2) is 4.79 Å². The van der Waals surface area contributed by atoms with Crippen LogP contribution in [0.3, 0.4) is 0 Å². The largest absolute Gasteiger partial charge is 0.395 e. The second kappa shape index (κ2) is 38.7. The van der Waals surface area contributed by atoms with Gasteiger partial charge in [-0.3, -0.25) is 10.1 Å². The van der Waals surface area contributed by atoms with Crippen LogP contribution in [-0.2, 0) is 14.3 Å². The number of nitrogens with one attached hydrogen (secondary N) is 1. The number of esters is 2. The average molecular weight is 726 g/mol. The highest BCUT2D eigenvalue weighted by molar-refractivity contribution is 5.87. The second-order valence-electron chi connectivity index (χ2n) is 15.7. The number of ether oxygens (including phenoxy) is 1. The highest BCUT2D eigenvalue weighted by Crippen LogP contribution is 2.18. The molecule has 0 aliphatic rings. The lowest BCUT2D eigenvalue weighted by Gasteiger charge is -2.29. The van der Waals surface area contributed by atoms with Crippen LogP contribution in [-0.4, -0.2) is 58.2 Å². The van der Waals surface area contributed by atoms with Crippen molar-refractivity contribution < 1.29 is 29.6 Å². The standard InChI is InChI=1S/C44H87NO6/c1-4-6-8-10-12-14-16-18-19-20-21-22-23-24-25-26-28-30-32-34-36-40(44(50)51-39(3)47)45-41(38-46)43(49)42(48)37-35-33-31-29-27-17-15-13-11-9-7-5-2/h40-43,45-46,48-49H,4-38H2,1-3H3/t40?,41-,42+,43-/m0/s1. The Hall–Kier alpha value is -1.02. The molecule has 0 aliphatic carbocycles. The Kier molecular flexibility index (Phi) is 37.9. The van der Waals surface area contributed by atoms with E-state index in [0.29, 0.717) is 12.8 Å². The molecular weight excluding hydrogens is 638 g/mol. The molecule has 0 fully saturated rings. The van der Waals surface area contributed by atoms with Gasteiger partial charge < -0.3 is 20.1 Å². The van der Waals surface area contributed by atoms with Crippen molar-refractivity contribution in [2.75, 3.05) is 6.61 Å². The Morgan fingerprint density at radius 2 is 0.784 bits per heavy atom. The van der Waals surface area contributed by atoms with E-state index in [1.807, 2.05) is 0 Å². The summed E-state index contributed by atoms with van der Waals surface area (Å²) in [6, 6.07) is -1.71. The Bertz CT molecular complexity index is 749. The van der Waals surface area contributed by atoms with Gasteiger partial charge in [-0.15, -0.1) is 0 Å². The van der Waals surface area contributed by atoms with Gasteiger partial charge in [-0.05, 0) is 12.8 Å². The molecular formula is C44H87NO6. The molecule has 0 spiro atoms. The maximum Gasteiger partial charge on any atom is 0.330 e. The van der Waals surface area contributed by atoms with E-state index in [0.717, 1.165) is 38.5 Å². The molecule has 0 amide bonds. The van der Waals surface area contributed by atoms with Crippen LogP contribution in [0.15, 0.2) is 0 Å². The lowest BCUT2D eigenvalue weighted by atomic mass is 9.98. The van der Waals surface area contributed by atoms with Crippen LogP contribution in [0.4, 0.5) is 0 Å². The normalized spacial score (nSPS) is 14.0. The summed E-state index contributed by atoms with van der Waals surface area (Å²) < 4.78 is 4.87. The van der Waals surface area contributed by atoms with Crippen molar-refractivity contribution in [3.63, 3.8) is 0 Å². The molecule has 0 rings (SSSR count). The molecule has 0 radical (unpaired) electrons. The average Bonchev–Trinajstić information content (AvgIpc) is 3.11. The maximum absolute atomic E-state index is 12.7. The minimum atomic E-state index is -1.22. The van der Waals surface area contributed by atoms with E-state index in [1.54, 1.807) is 0 Å². The predicted molar refractivity (Wildman–Crippen MR) is 215 cm³/mol. The fourth-order valence-electron chi connectivity index (χ4n) is 7.24. The van der Waals surface area contributed by atoms with Crippen molar-refractivity contribution in [2.45, 2.75) is 263 Å². The van der Waals surface area contributed by atoms with Crippen molar-refractivity contribution in [2.24, 2.45) is 0 Å². The van der Waals surface area contributed by atoms with Crippen LogP contribution in [0.25, 0.3) is 0 Å². The van der Waals surface area contributed by atoms with Gasteiger partial charge in [0.15, 0.2) is 0 Å². The van der Waals surface area contributed by atoms with Crippen molar-refractivity contribution >= 4 is 11.9 Å². The number of rotatable bonds is 40. The fourth-order valence-corrected chi connectivity index (χ4v) is 7.24. The van der Waals surface area contributed by atoms with Gasteiger partial charge in [0.05, 0.1) is 24.9 Å². The van der Waals surface area contributed by atoms with Gasteiger partial charge >= 0.3 is 11.9 Å². The molecule has 0 aromatic rings. The molecule has 0 bridgehead atoms. The number of hydrogen-bond acceptors (Lipinski definition) is 7. The summed E-state index contributed by atoms with van der Waals surface area (Å²) in [5, 5.41) is 34.5. The third kappa shape index (κ3) is 33.3. The Balaban J connectivity index is 4.10. The Labute approximate surface area is 316 Å². The van der Waals surface area contributed by atoms with E-state index in [2.05, 4.69) is 19.2 Å². The Morgan fingerprint density at radius 1 is 0.490 bits per heavy atom. The summed E-state index contributed by atoms with van der Waals surface area (Å²) in [5.74, 6) is -1.37. The Morgan fingerprint density at radius 3 is 1.08 bits per heavy atom. The van der Waals surface area contributed by atoms with E-state index in [-0.39, 0.29) is 0 Å². The molecule has 0 aromatic heterocycles. The number of carbonyl (C=O) groups excluding carboxylic acids is 2. The fraction of sp³-hybridized carbons (Fsp3) is 0.955. The lowest BCUT2D eigenvalue weighted by molar-refractivity contribution is -0.160. The molecule has 7 heteroatoms. The third-order valence-corrected chi connectivity index (χ3v) is 10.6. The zero-order valence-corrected chi connectivity index (χ0v) is 34.1. The van der Waals surface area contributed by atoms with Crippen LogP contribution in [0, 0.1) is 0 Å². The van der Waals surface area contributed by atoms with Gasteiger partial charge in [-0.1, -0.05) is 219 Å². The van der Waals surface area contributed by atoms with Crippen molar-refractivity contribution in [1.82, 2.24) is 5.32 Å². The molecule has 0 saturated heterocycles. The summed E-state index contributed by atoms with van der Waals surface area (Å²) in [7, 11) is 0. The topological polar surface area (TPSA) is 116 Å². The number of carbonyl (C=O) groups is 2. The van der Waals surface area contributed by atoms with Crippen LogP contribution in [0.1, 0.15) is 239 Å². The quantitative estimate of drug-likeness (QED) is 0.0282. The van der Waals surface area contributed by atoms with E-state index < -0.39 is 42.8 Å². The second-order valence-corrected chi connectivity index (χ2v) is 15.7. The zero-order valence-electron chi connectivity index (χ0n) is 34.1. The van der Waals surface area contributed by atoms with Gasteiger partial charge in [0.1, 0.15) is 6.04 Å². The van der Waals surface area contributed by atoms with Gasteiger partial charge in [-0.2, -0.15) is 0 Å². The molecule has 4 N–H and O–H groups in total. The SMILES string of the molecule is CCCCCCCCCCCCCCCCCCCCCCC(N[C@@H](CO)[C@H](O)[C@H](O)CCCCCCCCCCCCCC)C(=O)OC(C)=O. The first-order valence-corrected chi connectivity index (χ1v) is 22.3. The van der Waals surface area contributed by atoms with Gasteiger partial charge in [0.2, 0.25) is 0 Å². The van der Waals surface area contributed by atoms with Crippen molar-refractivity contribution in [3.8, 4) is 0 Å². The third-order valence-electron chi connectivity index (χ3n) is 10.6.